The number of urea groups is 1. The summed E-state index contributed by atoms with van der Waals surface area (Å²) >= 11 is 5.68. The third kappa shape index (κ3) is 4.17. The van der Waals surface area contributed by atoms with E-state index in [1.54, 1.807) is 18.2 Å². The van der Waals surface area contributed by atoms with Crippen molar-refractivity contribution < 1.29 is 13.2 Å². The highest BCUT2D eigenvalue weighted by Crippen LogP contribution is 2.16. The number of nitrogens with one attached hydrogen (secondary N) is 2. The van der Waals surface area contributed by atoms with Crippen molar-refractivity contribution in [2.45, 2.75) is 10.8 Å². The zero-order valence-corrected chi connectivity index (χ0v) is 11.1. The third-order valence-electron chi connectivity index (χ3n) is 2.12. The first-order valence-electron chi connectivity index (χ1n) is 5.14. The highest BCUT2D eigenvalue weighted by atomic mass is 35.5. The first kappa shape index (κ1) is 14.7. The van der Waals surface area contributed by atoms with E-state index in [4.69, 9.17) is 17.3 Å². The molecule has 0 aliphatic rings. The zero-order chi connectivity index (χ0) is 13.6. The van der Waals surface area contributed by atoms with Crippen LogP contribution in [0.3, 0.4) is 0 Å². The number of carbonyl (C=O) groups is 1. The molecule has 0 spiro atoms. The minimum atomic E-state index is -3.63. The molecule has 2 amide bonds. The molecule has 0 aliphatic heterocycles. The maximum absolute atomic E-state index is 11.9. The first-order valence-corrected chi connectivity index (χ1v) is 7.16. The van der Waals surface area contributed by atoms with E-state index in [-0.39, 0.29) is 23.9 Å². The van der Waals surface area contributed by atoms with Gasteiger partial charge in [-0.3, -0.25) is 0 Å². The van der Waals surface area contributed by atoms with Crippen molar-refractivity contribution in [3.63, 3.8) is 0 Å². The summed E-state index contributed by atoms with van der Waals surface area (Å²) in [6.07, 6.45) is 0. The van der Waals surface area contributed by atoms with Gasteiger partial charge in [0.1, 0.15) is 0 Å². The number of rotatable bonds is 6. The summed E-state index contributed by atoms with van der Waals surface area (Å²) in [7, 11) is -3.63. The van der Waals surface area contributed by atoms with Gasteiger partial charge in [0, 0.05) is 19.0 Å². The van der Waals surface area contributed by atoms with Crippen LogP contribution in [-0.4, -0.2) is 27.5 Å². The van der Waals surface area contributed by atoms with Crippen LogP contribution in [0.15, 0.2) is 29.2 Å². The number of nitrogens with two attached hydrogens (primary N) is 1. The Kier molecular flexibility index (Phi) is 5.39. The monoisotopic (exact) mass is 291 g/mol. The van der Waals surface area contributed by atoms with Gasteiger partial charge in [-0.05, 0) is 11.6 Å². The average molecular weight is 292 g/mol. The highest BCUT2D eigenvalue weighted by Gasteiger charge is 2.16. The van der Waals surface area contributed by atoms with Crippen LogP contribution in [0, 0.1) is 0 Å². The number of alkyl halides is 1. The van der Waals surface area contributed by atoms with Crippen LogP contribution in [0.1, 0.15) is 5.56 Å². The zero-order valence-electron chi connectivity index (χ0n) is 9.52. The minimum absolute atomic E-state index is 0.0574. The van der Waals surface area contributed by atoms with Crippen LogP contribution in [0.4, 0.5) is 4.79 Å². The third-order valence-corrected chi connectivity index (χ3v) is 3.97. The lowest BCUT2D eigenvalue weighted by Gasteiger charge is -2.09. The maximum atomic E-state index is 11.9. The smallest absolute Gasteiger partial charge is 0.312 e. The maximum Gasteiger partial charge on any atom is 0.312 e. The van der Waals surface area contributed by atoms with Gasteiger partial charge >= 0.3 is 6.03 Å². The number of halogens is 1. The van der Waals surface area contributed by atoms with E-state index in [9.17, 15) is 13.2 Å². The number of benzene rings is 1. The molecular formula is C10H14ClN3O3S. The lowest BCUT2D eigenvalue weighted by Crippen LogP contribution is -2.37. The molecule has 0 fully saturated rings. The van der Waals surface area contributed by atoms with Crippen molar-refractivity contribution in [2.75, 3.05) is 13.1 Å². The topological polar surface area (TPSA) is 101 Å². The van der Waals surface area contributed by atoms with Gasteiger partial charge in [0.15, 0.2) is 0 Å². The normalized spacial score (nSPS) is 11.2. The van der Waals surface area contributed by atoms with Crippen molar-refractivity contribution in [3.8, 4) is 0 Å². The van der Waals surface area contributed by atoms with Gasteiger partial charge in [0.25, 0.3) is 0 Å². The number of sulfonamides is 1. The summed E-state index contributed by atoms with van der Waals surface area (Å²) < 4.78 is 26.2. The number of amides is 2. The molecule has 0 heterocycles. The van der Waals surface area contributed by atoms with Crippen molar-refractivity contribution in [1.29, 1.82) is 0 Å². The highest BCUT2D eigenvalue weighted by molar-refractivity contribution is 7.89. The second-order valence-corrected chi connectivity index (χ2v) is 5.43. The summed E-state index contributed by atoms with van der Waals surface area (Å²) in [5.41, 5.74) is 5.38. The average Bonchev–Trinajstić information content (AvgIpc) is 2.34. The summed E-state index contributed by atoms with van der Waals surface area (Å²) in [6.45, 7) is 0.180. The van der Waals surface area contributed by atoms with Crippen molar-refractivity contribution in [1.82, 2.24) is 10.0 Å². The van der Waals surface area contributed by atoms with E-state index < -0.39 is 16.1 Å². The molecule has 0 bridgehead atoms. The van der Waals surface area contributed by atoms with E-state index in [1.807, 2.05) is 0 Å². The molecule has 8 heteroatoms. The molecule has 0 radical (unpaired) electrons. The van der Waals surface area contributed by atoms with Gasteiger partial charge in [0.05, 0.1) is 4.90 Å². The van der Waals surface area contributed by atoms with Crippen LogP contribution in [0.25, 0.3) is 0 Å². The van der Waals surface area contributed by atoms with Crippen molar-refractivity contribution in [2.24, 2.45) is 5.73 Å². The Morgan fingerprint density at radius 2 is 1.94 bits per heavy atom. The molecule has 0 unspecified atom stereocenters. The van der Waals surface area contributed by atoms with E-state index in [0.29, 0.717) is 5.56 Å². The van der Waals surface area contributed by atoms with Gasteiger partial charge in [-0.2, -0.15) is 0 Å². The number of hydrogen-bond acceptors (Lipinski definition) is 3. The fraction of sp³-hybridized carbons (Fsp3) is 0.300. The quantitative estimate of drug-likeness (QED) is 0.521. The van der Waals surface area contributed by atoms with Crippen LogP contribution >= 0.6 is 11.6 Å². The molecule has 4 N–H and O–H groups in total. The van der Waals surface area contributed by atoms with E-state index in [2.05, 4.69) is 10.0 Å². The molecule has 1 rings (SSSR count). The Morgan fingerprint density at radius 3 is 2.56 bits per heavy atom. The summed E-state index contributed by atoms with van der Waals surface area (Å²) in [5.74, 6) is 0.108. The number of carbonyl (C=O) groups excluding carboxylic acids is 1. The summed E-state index contributed by atoms with van der Waals surface area (Å²) in [5, 5.41) is 2.28. The lowest BCUT2D eigenvalue weighted by atomic mass is 10.2. The molecule has 0 saturated carbocycles. The van der Waals surface area contributed by atoms with Crippen molar-refractivity contribution in [3.05, 3.63) is 29.8 Å². The van der Waals surface area contributed by atoms with Gasteiger partial charge in [-0.25, -0.2) is 17.9 Å². The first-order chi connectivity index (χ1) is 8.47. The second-order valence-electron chi connectivity index (χ2n) is 3.43. The van der Waals surface area contributed by atoms with E-state index >= 15 is 0 Å². The summed E-state index contributed by atoms with van der Waals surface area (Å²) in [6, 6.07) is 5.75. The van der Waals surface area contributed by atoms with Crippen LogP contribution in [0.2, 0.25) is 0 Å². The van der Waals surface area contributed by atoms with Gasteiger partial charge in [-0.15, -0.1) is 11.6 Å². The van der Waals surface area contributed by atoms with Gasteiger partial charge < -0.3 is 11.1 Å². The molecule has 100 valence electrons. The Hall–Kier alpha value is -1.31. The molecule has 1 aromatic carbocycles. The molecule has 0 aromatic heterocycles. The SMILES string of the molecule is NC(=O)NCCNS(=O)(=O)c1ccccc1CCl. The standard InChI is InChI=1S/C10H14ClN3O3S/c11-7-8-3-1-2-4-9(8)18(16,17)14-6-5-13-10(12)15/h1-4,14H,5-7H2,(H3,12,13,15). The summed E-state index contributed by atoms with van der Waals surface area (Å²) in [4.78, 5) is 10.5. The molecular weight excluding hydrogens is 278 g/mol. The van der Waals surface area contributed by atoms with E-state index in [0.717, 1.165) is 0 Å². The Balaban J connectivity index is 2.71. The number of hydrogen-bond donors (Lipinski definition) is 3. The van der Waals surface area contributed by atoms with Crippen molar-refractivity contribution >= 4 is 27.7 Å². The largest absolute Gasteiger partial charge is 0.352 e. The Bertz CT molecular complexity index is 519. The molecule has 0 saturated heterocycles. The Labute approximate surface area is 111 Å². The minimum Gasteiger partial charge on any atom is -0.352 e. The molecule has 0 aliphatic carbocycles. The Morgan fingerprint density at radius 1 is 1.28 bits per heavy atom. The van der Waals surface area contributed by atoms with E-state index in [1.165, 1.54) is 6.07 Å². The molecule has 18 heavy (non-hydrogen) atoms. The number of primary amides is 1. The molecule has 6 nitrogen and oxygen atoms in total. The lowest BCUT2D eigenvalue weighted by molar-refractivity contribution is 0.249. The second kappa shape index (κ2) is 6.58. The molecule has 0 atom stereocenters. The fourth-order valence-corrected chi connectivity index (χ4v) is 2.91. The van der Waals surface area contributed by atoms with Crippen LogP contribution < -0.4 is 15.8 Å². The molecule has 1 aromatic rings. The predicted molar refractivity (Wildman–Crippen MR) is 68.8 cm³/mol. The van der Waals surface area contributed by atoms with Gasteiger partial charge in [0.2, 0.25) is 10.0 Å². The fourth-order valence-electron chi connectivity index (χ4n) is 1.33. The van der Waals surface area contributed by atoms with Crippen LogP contribution in [-0.2, 0) is 15.9 Å². The predicted octanol–water partition coefficient (Wildman–Crippen LogP) is 0.372. The van der Waals surface area contributed by atoms with Gasteiger partial charge in [-0.1, -0.05) is 18.2 Å². The van der Waals surface area contributed by atoms with Crippen LogP contribution in [0.5, 0.6) is 0 Å².